The third-order valence-electron chi connectivity index (χ3n) is 4.73. The quantitative estimate of drug-likeness (QED) is 0.368. The predicted octanol–water partition coefficient (Wildman–Crippen LogP) is 5.10. The molecule has 0 saturated carbocycles. The van der Waals surface area contributed by atoms with E-state index in [1.807, 2.05) is 84.4 Å². The van der Waals surface area contributed by atoms with Gasteiger partial charge in [-0.05, 0) is 30.2 Å². The Bertz CT molecular complexity index is 1190. The molecule has 0 aliphatic rings. The first-order chi connectivity index (χ1) is 16.7. The van der Waals surface area contributed by atoms with E-state index in [-0.39, 0.29) is 5.91 Å². The highest BCUT2D eigenvalue weighted by Crippen LogP contribution is 2.17. The number of aliphatic imine (C=N–C) groups is 1. The maximum Gasteiger partial charge on any atom is 0.265 e. The molecule has 0 bridgehead atoms. The van der Waals surface area contributed by atoms with Crippen molar-refractivity contribution in [2.75, 3.05) is 0 Å². The van der Waals surface area contributed by atoms with Crippen LogP contribution in [0.25, 0.3) is 17.2 Å². The van der Waals surface area contributed by atoms with Gasteiger partial charge < -0.3 is 11.1 Å². The Hall–Kier alpha value is -3.94. The highest BCUT2D eigenvalue weighted by atomic mass is 32.1. The minimum Gasteiger partial charge on any atom is -0.345 e. The number of pyridine rings is 1. The molecule has 6 nitrogen and oxygen atoms in total. The second-order valence-electron chi connectivity index (χ2n) is 7.22. The van der Waals surface area contributed by atoms with Crippen LogP contribution >= 0.6 is 11.3 Å². The van der Waals surface area contributed by atoms with Gasteiger partial charge in [0.05, 0.1) is 23.4 Å². The van der Waals surface area contributed by atoms with Gasteiger partial charge >= 0.3 is 0 Å². The van der Waals surface area contributed by atoms with Crippen LogP contribution in [0, 0.1) is 0 Å². The number of carbonyl (C=O) groups is 1. The first kappa shape index (κ1) is 24.7. The van der Waals surface area contributed by atoms with E-state index in [2.05, 4.69) is 20.3 Å². The van der Waals surface area contributed by atoms with Gasteiger partial charge in [-0.25, -0.2) is 4.98 Å². The lowest BCUT2D eigenvalue weighted by Gasteiger charge is -2.02. The monoisotopic (exact) mass is 469 g/mol. The van der Waals surface area contributed by atoms with Crippen LogP contribution in [0.15, 0.2) is 101 Å². The number of aromatic nitrogens is 2. The molecule has 2 aromatic carbocycles. The Kier molecular flexibility index (Phi) is 9.86. The summed E-state index contributed by atoms with van der Waals surface area (Å²) >= 11 is 1.50. The molecule has 4 aromatic rings. The summed E-state index contributed by atoms with van der Waals surface area (Å²) in [4.78, 5) is 24.7. The van der Waals surface area contributed by atoms with Crippen LogP contribution in [-0.2, 0) is 17.9 Å². The number of nitrogens with two attached hydrogens (primary N) is 1. The Morgan fingerprint density at radius 1 is 1.00 bits per heavy atom. The van der Waals surface area contributed by atoms with Crippen LogP contribution in [0.2, 0.25) is 0 Å². The molecule has 4 rings (SSSR count). The summed E-state index contributed by atoms with van der Waals surface area (Å²) in [6.07, 6.45) is 5.18. The zero-order chi connectivity index (χ0) is 24.0. The molecule has 0 radical (unpaired) electrons. The van der Waals surface area contributed by atoms with E-state index in [1.165, 1.54) is 16.9 Å². The number of carbonyl (C=O) groups excluding carboxylic acids is 1. The van der Waals surface area contributed by atoms with Gasteiger partial charge in [-0.1, -0.05) is 66.7 Å². The molecule has 0 unspecified atom stereocenters. The van der Waals surface area contributed by atoms with Crippen LogP contribution in [0.4, 0.5) is 0 Å². The van der Waals surface area contributed by atoms with E-state index < -0.39 is 0 Å². The van der Waals surface area contributed by atoms with Crippen molar-refractivity contribution in [3.05, 3.63) is 113 Å². The third-order valence-corrected chi connectivity index (χ3v) is 5.36. The molecule has 3 N–H and O–H groups in total. The lowest BCUT2D eigenvalue weighted by Crippen LogP contribution is -2.28. The largest absolute Gasteiger partial charge is 0.345 e. The van der Waals surface area contributed by atoms with Crippen molar-refractivity contribution >= 4 is 29.0 Å². The van der Waals surface area contributed by atoms with Crippen LogP contribution in [0.5, 0.6) is 0 Å². The summed E-state index contributed by atoms with van der Waals surface area (Å²) in [5, 5.41) is 4.68. The Morgan fingerprint density at radius 2 is 1.74 bits per heavy atom. The third kappa shape index (κ3) is 8.20. The van der Waals surface area contributed by atoms with Crippen molar-refractivity contribution in [1.82, 2.24) is 15.3 Å². The van der Waals surface area contributed by atoms with Crippen LogP contribution in [-0.4, -0.2) is 21.6 Å². The highest BCUT2D eigenvalue weighted by molar-refractivity contribution is 7.07. The molecule has 7 heteroatoms. The summed E-state index contributed by atoms with van der Waals surface area (Å²) in [6.45, 7) is 2.72. The number of amides is 1. The van der Waals surface area contributed by atoms with Crippen LogP contribution in [0.1, 0.15) is 23.9 Å². The zero-order valence-electron chi connectivity index (χ0n) is 19.0. The van der Waals surface area contributed by atoms with Crippen molar-refractivity contribution < 1.29 is 4.79 Å². The highest BCUT2D eigenvalue weighted by Gasteiger charge is 2.05. The van der Waals surface area contributed by atoms with E-state index in [9.17, 15) is 4.79 Å². The smallest absolute Gasteiger partial charge is 0.265 e. The minimum absolute atomic E-state index is 0.213. The fourth-order valence-corrected chi connectivity index (χ4v) is 3.39. The second-order valence-corrected chi connectivity index (χ2v) is 7.94. The van der Waals surface area contributed by atoms with Gasteiger partial charge in [-0.15, -0.1) is 11.3 Å². The van der Waals surface area contributed by atoms with Crippen molar-refractivity contribution in [1.29, 1.82) is 0 Å². The number of thiazole rings is 1. The number of nitrogens with one attached hydrogen (secondary N) is 1. The van der Waals surface area contributed by atoms with E-state index >= 15 is 0 Å². The summed E-state index contributed by atoms with van der Waals surface area (Å²) in [7, 11) is 0. The number of hydrogen-bond donors (Lipinski definition) is 2. The molecule has 1 amide bonds. The van der Waals surface area contributed by atoms with Gasteiger partial charge in [0.1, 0.15) is 5.71 Å². The number of hydrogen-bond acceptors (Lipinski definition) is 6. The molecule has 172 valence electrons. The van der Waals surface area contributed by atoms with Crippen LogP contribution in [0.3, 0.4) is 0 Å². The molecule has 0 aliphatic carbocycles. The van der Waals surface area contributed by atoms with E-state index in [4.69, 9.17) is 5.73 Å². The molecule has 0 spiro atoms. The van der Waals surface area contributed by atoms with Gasteiger partial charge in [-0.2, -0.15) is 0 Å². The fraction of sp³-hybridized carbons (Fsp3) is 0.111. The van der Waals surface area contributed by atoms with Crippen molar-refractivity contribution in [2.45, 2.75) is 20.0 Å². The van der Waals surface area contributed by atoms with Gasteiger partial charge in [0, 0.05) is 29.9 Å². The van der Waals surface area contributed by atoms with Crippen LogP contribution < -0.4 is 11.1 Å². The maximum atomic E-state index is 12.0. The first-order valence-electron chi connectivity index (χ1n) is 10.8. The number of rotatable bonds is 7. The molecular weight excluding hydrogens is 442 g/mol. The summed E-state index contributed by atoms with van der Waals surface area (Å²) < 4.78 is 0. The molecule has 34 heavy (non-hydrogen) atoms. The SMILES string of the molecule is CC(=N/C=C\c1ccc(-c2ccccc2)cn1)C(=O)NCc1cscn1.NCc1ccccc1. The second kappa shape index (κ2) is 13.6. The normalized spacial score (nSPS) is 11.1. The minimum atomic E-state index is -0.213. The number of benzene rings is 2. The molecule has 0 aliphatic heterocycles. The van der Waals surface area contributed by atoms with Gasteiger partial charge in [0.15, 0.2) is 0 Å². The molecular formula is C27H27N5OS. The summed E-state index contributed by atoms with van der Waals surface area (Å²) in [5.74, 6) is -0.213. The first-order valence-corrected chi connectivity index (χ1v) is 11.7. The molecule has 2 aromatic heterocycles. The molecule has 0 saturated heterocycles. The Labute approximate surface area is 203 Å². The lowest BCUT2D eigenvalue weighted by molar-refractivity contribution is -0.115. The summed E-state index contributed by atoms with van der Waals surface area (Å²) in [5.41, 5.74) is 12.5. The standard InChI is InChI=1S/C20H18N4OS.C7H9N/c1-15(20(25)23-12-19-13-26-14-24-19)21-10-9-18-8-7-17(11-22-18)16-5-3-2-4-6-16;8-6-7-4-2-1-3-5-7/h2-11,13-14H,12H2,1H3,(H,23,25);1-5H,6,8H2/b10-9-,21-15?;. The fourth-order valence-electron chi connectivity index (χ4n) is 2.83. The van der Waals surface area contributed by atoms with E-state index in [0.29, 0.717) is 18.8 Å². The maximum absolute atomic E-state index is 12.0. The average molecular weight is 470 g/mol. The predicted molar refractivity (Wildman–Crippen MR) is 140 cm³/mol. The summed E-state index contributed by atoms with van der Waals surface area (Å²) in [6, 6.07) is 24.0. The van der Waals surface area contributed by atoms with Crippen molar-refractivity contribution in [3.8, 4) is 11.1 Å². The topological polar surface area (TPSA) is 93.3 Å². The zero-order valence-corrected chi connectivity index (χ0v) is 19.8. The van der Waals surface area contributed by atoms with Crippen molar-refractivity contribution in [2.24, 2.45) is 10.7 Å². The van der Waals surface area contributed by atoms with Gasteiger partial charge in [0.2, 0.25) is 0 Å². The van der Waals surface area contributed by atoms with Gasteiger partial charge in [0.25, 0.3) is 5.91 Å². The molecule has 0 fully saturated rings. The molecule has 0 atom stereocenters. The van der Waals surface area contributed by atoms with E-state index in [1.54, 1.807) is 24.7 Å². The number of nitrogens with zero attached hydrogens (tertiary/aromatic N) is 3. The lowest BCUT2D eigenvalue weighted by atomic mass is 10.1. The Morgan fingerprint density at radius 3 is 2.32 bits per heavy atom. The van der Waals surface area contributed by atoms with Gasteiger partial charge in [-0.3, -0.25) is 14.8 Å². The van der Waals surface area contributed by atoms with E-state index in [0.717, 1.165) is 22.5 Å². The van der Waals surface area contributed by atoms with Crippen molar-refractivity contribution in [3.63, 3.8) is 0 Å². The Balaban J connectivity index is 0.000000343. The average Bonchev–Trinajstić information content (AvgIpc) is 3.43. The molecule has 2 heterocycles.